The largest absolute Gasteiger partial charge is 0.350 e. The van der Waals surface area contributed by atoms with Crippen LogP contribution in [-0.4, -0.2) is 32.2 Å². The van der Waals surface area contributed by atoms with Crippen LogP contribution in [0.4, 0.5) is 0 Å². The highest BCUT2D eigenvalue weighted by atomic mass is 32.1. The minimum atomic E-state index is -0.0982. The van der Waals surface area contributed by atoms with Gasteiger partial charge in [0.1, 0.15) is 5.69 Å². The van der Waals surface area contributed by atoms with E-state index in [4.69, 9.17) is 0 Å². The Labute approximate surface area is 144 Å². The molecule has 0 unspecified atom stereocenters. The second-order valence-electron chi connectivity index (χ2n) is 5.33. The summed E-state index contributed by atoms with van der Waals surface area (Å²) in [4.78, 5) is 21.1. The first kappa shape index (κ1) is 16.3. The van der Waals surface area contributed by atoms with Crippen molar-refractivity contribution in [2.75, 3.05) is 6.54 Å². The fourth-order valence-electron chi connectivity index (χ4n) is 2.40. The van der Waals surface area contributed by atoms with Crippen LogP contribution < -0.4 is 5.32 Å². The smallest absolute Gasteiger partial charge is 0.269 e. The third-order valence-electron chi connectivity index (χ3n) is 3.54. The van der Waals surface area contributed by atoms with Crippen molar-refractivity contribution in [1.29, 1.82) is 0 Å². The van der Waals surface area contributed by atoms with Gasteiger partial charge in [-0.05, 0) is 32.0 Å². The number of rotatable bonds is 6. The Morgan fingerprint density at radius 3 is 2.96 bits per heavy atom. The van der Waals surface area contributed by atoms with Crippen LogP contribution in [0.1, 0.15) is 28.1 Å². The standard InChI is InChI=1S/C17H19N5OS/c1-3-22-15(10-12(2)21-22)17(23)19-9-7-16-20-14(11-24-16)13-6-4-5-8-18-13/h4-6,8,10-11H,3,7,9H2,1-2H3,(H,19,23). The first-order valence-corrected chi connectivity index (χ1v) is 8.73. The van der Waals surface area contributed by atoms with Crippen LogP contribution in [0.2, 0.25) is 0 Å². The molecule has 1 N–H and O–H groups in total. The molecule has 0 aliphatic heterocycles. The van der Waals surface area contributed by atoms with Gasteiger partial charge in [0.15, 0.2) is 0 Å². The summed E-state index contributed by atoms with van der Waals surface area (Å²) in [5.74, 6) is -0.0982. The number of carbonyl (C=O) groups is 1. The monoisotopic (exact) mass is 341 g/mol. The number of thiazole rings is 1. The molecule has 0 aliphatic rings. The van der Waals surface area contributed by atoms with E-state index in [2.05, 4.69) is 20.4 Å². The number of amides is 1. The zero-order chi connectivity index (χ0) is 16.9. The highest BCUT2D eigenvalue weighted by Crippen LogP contribution is 2.19. The molecular weight excluding hydrogens is 322 g/mol. The summed E-state index contributed by atoms with van der Waals surface area (Å²) in [6.07, 6.45) is 2.45. The van der Waals surface area contributed by atoms with Gasteiger partial charge < -0.3 is 5.32 Å². The number of hydrogen-bond acceptors (Lipinski definition) is 5. The van der Waals surface area contributed by atoms with Crippen molar-refractivity contribution in [2.24, 2.45) is 0 Å². The van der Waals surface area contributed by atoms with Gasteiger partial charge in [-0.3, -0.25) is 14.5 Å². The molecule has 0 atom stereocenters. The number of pyridine rings is 1. The minimum Gasteiger partial charge on any atom is -0.350 e. The Morgan fingerprint density at radius 2 is 2.21 bits per heavy atom. The van der Waals surface area contributed by atoms with Gasteiger partial charge >= 0.3 is 0 Å². The molecule has 3 rings (SSSR count). The lowest BCUT2D eigenvalue weighted by Crippen LogP contribution is -2.28. The maximum Gasteiger partial charge on any atom is 0.269 e. The molecule has 0 saturated heterocycles. The molecule has 24 heavy (non-hydrogen) atoms. The number of nitrogens with one attached hydrogen (secondary N) is 1. The number of hydrogen-bond donors (Lipinski definition) is 1. The second-order valence-corrected chi connectivity index (χ2v) is 6.28. The van der Waals surface area contributed by atoms with Crippen LogP contribution in [0.15, 0.2) is 35.8 Å². The maximum atomic E-state index is 12.3. The summed E-state index contributed by atoms with van der Waals surface area (Å²) < 4.78 is 1.72. The van der Waals surface area contributed by atoms with Crippen LogP contribution in [0.25, 0.3) is 11.4 Å². The number of carbonyl (C=O) groups excluding carboxylic acids is 1. The lowest BCUT2D eigenvalue weighted by atomic mass is 10.3. The highest BCUT2D eigenvalue weighted by Gasteiger charge is 2.13. The van der Waals surface area contributed by atoms with Gasteiger partial charge in [0.05, 0.1) is 22.1 Å². The van der Waals surface area contributed by atoms with Crippen molar-refractivity contribution >= 4 is 17.2 Å². The third-order valence-corrected chi connectivity index (χ3v) is 4.45. The zero-order valence-electron chi connectivity index (χ0n) is 13.7. The molecule has 0 aromatic carbocycles. The fourth-order valence-corrected chi connectivity index (χ4v) is 3.19. The van der Waals surface area contributed by atoms with Gasteiger partial charge in [-0.25, -0.2) is 4.98 Å². The Kier molecular flexibility index (Phi) is 5.00. The van der Waals surface area contributed by atoms with E-state index in [0.29, 0.717) is 25.2 Å². The van der Waals surface area contributed by atoms with Crippen molar-refractivity contribution in [2.45, 2.75) is 26.8 Å². The maximum absolute atomic E-state index is 12.3. The molecule has 0 radical (unpaired) electrons. The van der Waals surface area contributed by atoms with Gasteiger partial charge in [0.2, 0.25) is 0 Å². The van der Waals surface area contributed by atoms with Crippen LogP contribution >= 0.6 is 11.3 Å². The van der Waals surface area contributed by atoms with E-state index in [1.54, 1.807) is 28.3 Å². The predicted molar refractivity (Wildman–Crippen MR) is 94.0 cm³/mol. The minimum absolute atomic E-state index is 0.0982. The SMILES string of the molecule is CCn1nc(C)cc1C(=O)NCCc1nc(-c2ccccn2)cs1. The Hall–Kier alpha value is -2.54. The van der Waals surface area contributed by atoms with Gasteiger partial charge in [0, 0.05) is 31.1 Å². The molecule has 1 amide bonds. The first-order valence-electron chi connectivity index (χ1n) is 7.86. The van der Waals surface area contributed by atoms with Gasteiger partial charge in [-0.1, -0.05) is 6.07 Å². The number of aryl methyl sites for hydroxylation is 2. The number of nitrogens with zero attached hydrogens (tertiary/aromatic N) is 4. The zero-order valence-corrected chi connectivity index (χ0v) is 14.5. The van der Waals surface area contributed by atoms with E-state index in [-0.39, 0.29) is 5.91 Å². The van der Waals surface area contributed by atoms with Crippen LogP contribution in [0.3, 0.4) is 0 Å². The lowest BCUT2D eigenvalue weighted by molar-refractivity contribution is 0.0943. The van der Waals surface area contributed by atoms with Gasteiger partial charge in [-0.2, -0.15) is 5.10 Å². The average Bonchev–Trinajstić information content (AvgIpc) is 3.22. The van der Waals surface area contributed by atoms with E-state index in [9.17, 15) is 4.79 Å². The molecule has 0 saturated carbocycles. The predicted octanol–water partition coefficient (Wildman–Crippen LogP) is 2.70. The van der Waals surface area contributed by atoms with Crippen molar-refractivity contribution in [3.63, 3.8) is 0 Å². The Balaban J connectivity index is 1.57. The summed E-state index contributed by atoms with van der Waals surface area (Å²) in [6.45, 7) is 5.08. The average molecular weight is 341 g/mol. The molecule has 0 bridgehead atoms. The van der Waals surface area contributed by atoms with Gasteiger partial charge in [-0.15, -0.1) is 11.3 Å². The van der Waals surface area contributed by atoms with Crippen LogP contribution in [0, 0.1) is 6.92 Å². The first-order chi connectivity index (χ1) is 11.7. The number of aromatic nitrogens is 4. The summed E-state index contributed by atoms with van der Waals surface area (Å²) in [7, 11) is 0. The van der Waals surface area contributed by atoms with Crippen molar-refractivity contribution in [1.82, 2.24) is 25.1 Å². The van der Waals surface area contributed by atoms with Crippen molar-refractivity contribution in [3.8, 4) is 11.4 Å². The van der Waals surface area contributed by atoms with Crippen molar-refractivity contribution in [3.05, 3.63) is 52.2 Å². The molecule has 0 spiro atoms. The van der Waals surface area contributed by atoms with E-state index in [1.807, 2.05) is 37.4 Å². The lowest BCUT2D eigenvalue weighted by Gasteiger charge is -2.05. The molecule has 7 heteroatoms. The molecule has 3 aromatic heterocycles. The molecule has 6 nitrogen and oxygen atoms in total. The van der Waals surface area contributed by atoms with E-state index >= 15 is 0 Å². The Morgan fingerprint density at radius 1 is 1.33 bits per heavy atom. The summed E-state index contributed by atoms with van der Waals surface area (Å²) in [5, 5.41) is 10.2. The van der Waals surface area contributed by atoms with Gasteiger partial charge in [0.25, 0.3) is 5.91 Å². The van der Waals surface area contributed by atoms with E-state index in [1.165, 1.54) is 0 Å². The summed E-state index contributed by atoms with van der Waals surface area (Å²) in [5.41, 5.74) is 3.19. The van der Waals surface area contributed by atoms with Crippen LogP contribution in [0.5, 0.6) is 0 Å². The highest BCUT2D eigenvalue weighted by molar-refractivity contribution is 7.09. The van der Waals surface area contributed by atoms with E-state index in [0.717, 1.165) is 22.1 Å². The molecule has 0 fully saturated rings. The summed E-state index contributed by atoms with van der Waals surface area (Å²) >= 11 is 1.58. The van der Waals surface area contributed by atoms with Crippen molar-refractivity contribution < 1.29 is 4.79 Å². The third kappa shape index (κ3) is 3.68. The molecule has 3 aromatic rings. The second kappa shape index (κ2) is 7.35. The molecular formula is C17H19N5OS. The molecule has 124 valence electrons. The molecule has 3 heterocycles. The summed E-state index contributed by atoms with van der Waals surface area (Å²) in [6, 6.07) is 7.58. The quantitative estimate of drug-likeness (QED) is 0.748. The fraction of sp³-hybridized carbons (Fsp3) is 0.294. The van der Waals surface area contributed by atoms with Crippen LogP contribution in [-0.2, 0) is 13.0 Å². The molecule has 0 aliphatic carbocycles. The van der Waals surface area contributed by atoms with E-state index < -0.39 is 0 Å². The Bertz CT molecular complexity index is 825. The normalized spacial score (nSPS) is 10.8. The topological polar surface area (TPSA) is 72.7 Å².